The molecule has 1 unspecified atom stereocenters. The van der Waals surface area contributed by atoms with E-state index in [1.165, 1.54) is 12.1 Å². The number of nitrogens with one attached hydrogen (secondary N) is 1. The van der Waals surface area contributed by atoms with Gasteiger partial charge in [0.1, 0.15) is 5.60 Å². The van der Waals surface area contributed by atoms with E-state index in [1.54, 1.807) is 12.1 Å². The molecule has 4 nitrogen and oxygen atoms in total. The Kier molecular flexibility index (Phi) is 4.95. The molecule has 1 aromatic carbocycles. The van der Waals surface area contributed by atoms with Crippen LogP contribution in [-0.2, 0) is 4.74 Å². The fourth-order valence-corrected chi connectivity index (χ4v) is 2.57. The van der Waals surface area contributed by atoms with Crippen LogP contribution in [0.1, 0.15) is 16.8 Å². The van der Waals surface area contributed by atoms with Crippen molar-refractivity contribution >= 4 is 17.7 Å². The smallest absolute Gasteiger partial charge is 0.288 e. The van der Waals surface area contributed by atoms with Gasteiger partial charge < -0.3 is 15.2 Å². The molecule has 2 N–H and O–H groups in total. The summed E-state index contributed by atoms with van der Waals surface area (Å²) in [6, 6.07) is 6.16. The number of benzene rings is 1. The second kappa shape index (κ2) is 6.51. The molecule has 0 bridgehead atoms. The predicted molar refractivity (Wildman–Crippen MR) is 71.0 cm³/mol. The van der Waals surface area contributed by atoms with Gasteiger partial charge in [0.25, 0.3) is 11.7 Å². The van der Waals surface area contributed by atoms with Crippen LogP contribution in [0.25, 0.3) is 0 Å². The molecule has 1 aliphatic heterocycles. The summed E-state index contributed by atoms with van der Waals surface area (Å²) < 4.78 is 29.9. The van der Waals surface area contributed by atoms with Gasteiger partial charge in [-0.05, 0) is 12.1 Å². The maximum absolute atomic E-state index is 12.4. The predicted octanol–water partition coefficient (Wildman–Crippen LogP) is 1.88. The zero-order valence-corrected chi connectivity index (χ0v) is 11.5. The number of hydrogen-bond acceptors (Lipinski definition) is 4. The van der Waals surface area contributed by atoms with E-state index in [-0.39, 0.29) is 23.6 Å². The molecule has 1 aromatic rings. The number of ether oxygens (including phenoxy) is 1. The first kappa shape index (κ1) is 15.2. The Morgan fingerprint density at radius 3 is 2.90 bits per heavy atom. The van der Waals surface area contributed by atoms with Crippen molar-refractivity contribution in [2.45, 2.75) is 22.7 Å². The summed E-state index contributed by atoms with van der Waals surface area (Å²) in [5.74, 6) is -3.06. The number of amides is 1. The number of carbonyl (C=O) groups excluding carboxylic acids is 1. The fraction of sp³-hybridized carbons (Fsp3) is 0.462. The number of carbonyl (C=O) groups is 1. The molecule has 0 aromatic heterocycles. The van der Waals surface area contributed by atoms with Crippen molar-refractivity contribution in [1.82, 2.24) is 5.32 Å². The van der Waals surface area contributed by atoms with Crippen LogP contribution in [0.5, 0.6) is 0 Å². The highest BCUT2D eigenvalue weighted by Gasteiger charge is 2.32. The summed E-state index contributed by atoms with van der Waals surface area (Å²) in [5, 5.41) is 12.6. The van der Waals surface area contributed by atoms with E-state index in [1.807, 2.05) is 0 Å². The van der Waals surface area contributed by atoms with Gasteiger partial charge in [-0.15, -0.1) is 0 Å². The van der Waals surface area contributed by atoms with Gasteiger partial charge in [0, 0.05) is 24.5 Å². The Bertz CT molecular complexity index is 478. The van der Waals surface area contributed by atoms with Crippen molar-refractivity contribution in [2.24, 2.45) is 0 Å². The van der Waals surface area contributed by atoms with Crippen LogP contribution < -0.4 is 5.32 Å². The van der Waals surface area contributed by atoms with Crippen LogP contribution in [-0.4, -0.2) is 42.1 Å². The first-order chi connectivity index (χ1) is 9.50. The molecule has 7 heteroatoms. The van der Waals surface area contributed by atoms with Gasteiger partial charge >= 0.3 is 0 Å². The summed E-state index contributed by atoms with van der Waals surface area (Å²) in [5.41, 5.74) is -0.888. The third kappa shape index (κ3) is 3.91. The van der Waals surface area contributed by atoms with Gasteiger partial charge in [-0.3, -0.25) is 4.79 Å². The molecule has 0 saturated carbocycles. The zero-order chi connectivity index (χ0) is 14.6. The Morgan fingerprint density at radius 2 is 2.25 bits per heavy atom. The maximum Gasteiger partial charge on any atom is 0.288 e. The largest absolute Gasteiger partial charge is 0.386 e. The number of alkyl halides is 2. The van der Waals surface area contributed by atoms with Gasteiger partial charge in [-0.2, -0.15) is 8.78 Å². The zero-order valence-electron chi connectivity index (χ0n) is 10.6. The van der Waals surface area contributed by atoms with Crippen LogP contribution in [0.3, 0.4) is 0 Å². The third-order valence-electron chi connectivity index (χ3n) is 3.01. The molecular formula is C13H15F2NO3S. The molecule has 1 atom stereocenters. The van der Waals surface area contributed by atoms with Crippen LogP contribution in [0, 0.1) is 0 Å². The summed E-state index contributed by atoms with van der Waals surface area (Å²) in [6.07, 6.45) is 0.445. The SMILES string of the molecule is O=C(NCC1(O)CCOC1)c1ccccc1SC(F)F. The van der Waals surface area contributed by atoms with Gasteiger partial charge in [-0.1, -0.05) is 23.9 Å². The highest BCUT2D eigenvalue weighted by atomic mass is 32.2. The lowest BCUT2D eigenvalue weighted by molar-refractivity contribution is 0.0264. The molecule has 1 aliphatic rings. The highest BCUT2D eigenvalue weighted by Crippen LogP contribution is 2.28. The molecule has 0 spiro atoms. The lowest BCUT2D eigenvalue weighted by Gasteiger charge is -2.21. The molecule has 110 valence electrons. The fourth-order valence-electron chi connectivity index (χ4n) is 1.93. The van der Waals surface area contributed by atoms with Crippen LogP contribution >= 0.6 is 11.8 Å². The van der Waals surface area contributed by atoms with E-state index in [0.29, 0.717) is 24.8 Å². The second-order valence-electron chi connectivity index (χ2n) is 4.58. The third-order valence-corrected chi connectivity index (χ3v) is 3.80. The first-order valence-corrected chi connectivity index (χ1v) is 7.00. The second-order valence-corrected chi connectivity index (χ2v) is 5.62. The Hall–Kier alpha value is -1.18. The average molecular weight is 303 g/mol. The highest BCUT2D eigenvalue weighted by molar-refractivity contribution is 7.99. The van der Waals surface area contributed by atoms with Gasteiger partial charge in [0.15, 0.2) is 0 Å². The molecular weight excluding hydrogens is 288 g/mol. The van der Waals surface area contributed by atoms with E-state index in [0.717, 1.165) is 0 Å². The number of thioether (sulfide) groups is 1. The number of halogens is 2. The normalized spacial score (nSPS) is 22.2. The monoisotopic (exact) mass is 303 g/mol. The molecule has 1 heterocycles. The van der Waals surface area contributed by atoms with E-state index >= 15 is 0 Å². The van der Waals surface area contributed by atoms with Crippen molar-refractivity contribution < 1.29 is 23.4 Å². The Morgan fingerprint density at radius 1 is 1.50 bits per heavy atom. The van der Waals surface area contributed by atoms with Crippen LogP contribution in [0.2, 0.25) is 0 Å². The van der Waals surface area contributed by atoms with Crippen molar-refractivity contribution in [3.05, 3.63) is 29.8 Å². The van der Waals surface area contributed by atoms with E-state index in [9.17, 15) is 18.7 Å². The molecule has 2 rings (SSSR count). The van der Waals surface area contributed by atoms with Gasteiger partial charge in [0.05, 0.1) is 12.2 Å². The van der Waals surface area contributed by atoms with E-state index in [4.69, 9.17) is 4.74 Å². The van der Waals surface area contributed by atoms with Gasteiger partial charge in [0.2, 0.25) is 0 Å². The van der Waals surface area contributed by atoms with Crippen LogP contribution in [0.15, 0.2) is 29.2 Å². The molecule has 0 radical (unpaired) electrons. The molecule has 1 saturated heterocycles. The summed E-state index contributed by atoms with van der Waals surface area (Å²) >= 11 is 0.329. The van der Waals surface area contributed by atoms with Crippen molar-refractivity contribution in [1.29, 1.82) is 0 Å². The Balaban J connectivity index is 2.01. The minimum absolute atomic E-state index is 0.0412. The average Bonchev–Trinajstić information content (AvgIpc) is 2.83. The number of aliphatic hydroxyl groups is 1. The first-order valence-electron chi connectivity index (χ1n) is 6.12. The maximum atomic E-state index is 12.4. The molecule has 20 heavy (non-hydrogen) atoms. The number of hydrogen-bond donors (Lipinski definition) is 2. The number of rotatable bonds is 5. The van der Waals surface area contributed by atoms with Crippen molar-refractivity contribution in [3.8, 4) is 0 Å². The standard InChI is InChI=1S/C13H15F2NO3S/c14-12(15)20-10-4-2-1-3-9(10)11(17)16-7-13(18)5-6-19-8-13/h1-4,12,18H,5-8H2,(H,16,17). The lowest BCUT2D eigenvalue weighted by Crippen LogP contribution is -2.43. The van der Waals surface area contributed by atoms with E-state index < -0.39 is 17.3 Å². The van der Waals surface area contributed by atoms with E-state index in [2.05, 4.69) is 5.32 Å². The molecule has 0 aliphatic carbocycles. The lowest BCUT2D eigenvalue weighted by atomic mass is 10.0. The molecule has 1 amide bonds. The minimum atomic E-state index is -2.59. The summed E-state index contributed by atoms with van der Waals surface area (Å²) in [7, 11) is 0. The quantitative estimate of drug-likeness (QED) is 0.816. The van der Waals surface area contributed by atoms with Crippen molar-refractivity contribution in [3.63, 3.8) is 0 Å². The van der Waals surface area contributed by atoms with Gasteiger partial charge in [-0.25, -0.2) is 0 Å². The topological polar surface area (TPSA) is 58.6 Å². The Labute approximate surface area is 119 Å². The summed E-state index contributed by atoms with van der Waals surface area (Å²) in [6.45, 7) is 0.657. The summed E-state index contributed by atoms with van der Waals surface area (Å²) in [4.78, 5) is 12.2. The van der Waals surface area contributed by atoms with Crippen LogP contribution in [0.4, 0.5) is 8.78 Å². The van der Waals surface area contributed by atoms with Crippen molar-refractivity contribution in [2.75, 3.05) is 19.8 Å². The molecule has 1 fully saturated rings. The minimum Gasteiger partial charge on any atom is -0.386 e.